The number of hydrogen-bond acceptors (Lipinski definition) is 6. The summed E-state index contributed by atoms with van der Waals surface area (Å²) in [6, 6.07) is 5.24. The van der Waals surface area contributed by atoms with E-state index in [0.29, 0.717) is 28.0 Å². The number of nitrogens with zero attached hydrogens (tertiary/aromatic N) is 1. The number of rotatable bonds is 5. The van der Waals surface area contributed by atoms with Crippen LogP contribution in [0.3, 0.4) is 0 Å². The Kier molecular flexibility index (Phi) is 5.10. The van der Waals surface area contributed by atoms with Gasteiger partial charge in [0.25, 0.3) is 0 Å². The van der Waals surface area contributed by atoms with Crippen molar-refractivity contribution in [2.24, 2.45) is 0 Å². The van der Waals surface area contributed by atoms with Crippen LogP contribution in [-0.4, -0.2) is 29.8 Å². The Hall–Kier alpha value is -2.81. The fourth-order valence-corrected chi connectivity index (χ4v) is 3.88. The molecule has 2 heterocycles. The highest BCUT2D eigenvalue weighted by Crippen LogP contribution is 2.34. The molecule has 1 fully saturated rings. The lowest BCUT2D eigenvalue weighted by atomic mass is 10.2. The summed E-state index contributed by atoms with van der Waals surface area (Å²) < 4.78 is 10.5. The van der Waals surface area contributed by atoms with Crippen LogP contribution in [0.4, 0.5) is 15.6 Å². The average Bonchev–Trinajstić information content (AvgIpc) is 3.36. The molecule has 27 heavy (non-hydrogen) atoms. The van der Waals surface area contributed by atoms with Gasteiger partial charge in [-0.2, -0.15) is 0 Å². The zero-order valence-electron chi connectivity index (χ0n) is 14.6. The van der Waals surface area contributed by atoms with Gasteiger partial charge in [-0.05, 0) is 25.0 Å². The van der Waals surface area contributed by atoms with E-state index in [2.05, 4.69) is 20.9 Å². The Bertz CT molecular complexity index is 848. The number of ether oxygens (including phenoxy) is 2. The molecule has 1 aromatic heterocycles. The molecule has 0 saturated heterocycles. The van der Waals surface area contributed by atoms with Crippen molar-refractivity contribution >= 4 is 34.1 Å². The molecule has 3 N–H and O–H groups in total. The fraction of sp³-hybridized carbons (Fsp3) is 0.389. The van der Waals surface area contributed by atoms with E-state index in [1.54, 1.807) is 23.6 Å². The van der Waals surface area contributed by atoms with Crippen molar-refractivity contribution in [1.29, 1.82) is 0 Å². The molecule has 1 aromatic carbocycles. The third-order valence-electron chi connectivity index (χ3n) is 4.46. The number of aromatic nitrogens is 1. The number of amides is 3. The van der Waals surface area contributed by atoms with Crippen LogP contribution in [0.1, 0.15) is 31.4 Å². The molecule has 1 aliphatic heterocycles. The van der Waals surface area contributed by atoms with Crippen LogP contribution >= 0.6 is 11.3 Å². The topological polar surface area (TPSA) is 102 Å². The number of nitrogens with one attached hydrogen (secondary N) is 3. The van der Waals surface area contributed by atoms with Crippen LogP contribution in [0.2, 0.25) is 0 Å². The number of fused-ring (bicyclic) bond motifs is 1. The summed E-state index contributed by atoms with van der Waals surface area (Å²) in [6.45, 7) is 0.190. The molecule has 8 nitrogen and oxygen atoms in total. The summed E-state index contributed by atoms with van der Waals surface area (Å²) in [4.78, 5) is 28.5. The number of carbonyl (C=O) groups excluding carboxylic acids is 2. The van der Waals surface area contributed by atoms with E-state index in [0.717, 1.165) is 25.7 Å². The summed E-state index contributed by atoms with van der Waals surface area (Å²) >= 11 is 1.30. The summed E-state index contributed by atoms with van der Waals surface area (Å²) in [5.41, 5.74) is 1.24. The Morgan fingerprint density at radius 1 is 1.15 bits per heavy atom. The standard InChI is InChI=1S/C18H20N4O4S/c23-16(19-12-5-6-14-15(7-12)26-10-25-14)8-13-9-27-18(21-13)22-17(24)20-11-3-1-2-4-11/h5-7,9,11H,1-4,8,10H2,(H,19,23)(H2,20,21,22,24). The van der Waals surface area contributed by atoms with Gasteiger partial charge in [-0.25, -0.2) is 9.78 Å². The van der Waals surface area contributed by atoms with Crippen molar-refractivity contribution in [3.05, 3.63) is 29.3 Å². The average molecular weight is 388 g/mol. The van der Waals surface area contributed by atoms with E-state index < -0.39 is 0 Å². The van der Waals surface area contributed by atoms with Crippen LogP contribution in [0.25, 0.3) is 0 Å². The molecule has 0 unspecified atom stereocenters. The van der Waals surface area contributed by atoms with Gasteiger partial charge in [0.2, 0.25) is 12.7 Å². The SMILES string of the molecule is O=C(Cc1csc(NC(=O)NC2CCCC2)n1)Nc1ccc2c(c1)OCO2. The summed E-state index contributed by atoms with van der Waals surface area (Å²) in [5, 5.41) is 10.7. The van der Waals surface area contributed by atoms with Crippen LogP contribution in [0, 0.1) is 0 Å². The second kappa shape index (κ2) is 7.83. The number of anilines is 2. The van der Waals surface area contributed by atoms with Gasteiger partial charge in [-0.3, -0.25) is 10.1 Å². The first-order chi connectivity index (χ1) is 13.2. The lowest BCUT2D eigenvalue weighted by Crippen LogP contribution is -2.36. The normalized spacial score (nSPS) is 15.6. The lowest BCUT2D eigenvalue weighted by molar-refractivity contribution is -0.115. The minimum absolute atomic E-state index is 0.122. The van der Waals surface area contributed by atoms with Crippen LogP contribution < -0.4 is 25.4 Å². The van der Waals surface area contributed by atoms with E-state index in [9.17, 15) is 9.59 Å². The van der Waals surface area contributed by atoms with Crippen molar-refractivity contribution in [3.8, 4) is 11.5 Å². The van der Waals surface area contributed by atoms with Gasteiger partial charge < -0.3 is 20.1 Å². The van der Waals surface area contributed by atoms with Gasteiger partial charge in [0, 0.05) is 23.2 Å². The maximum absolute atomic E-state index is 12.2. The monoisotopic (exact) mass is 388 g/mol. The molecule has 9 heteroatoms. The smallest absolute Gasteiger partial charge is 0.321 e. The molecule has 0 radical (unpaired) electrons. The summed E-state index contributed by atoms with van der Waals surface area (Å²) in [6.07, 6.45) is 4.49. The summed E-state index contributed by atoms with van der Waals surface area (Å²) in [7, 11) is 0. The molecule has 3 amide bonds. The molecular formula is C18H20N4O4S. The second-order valence-corrected chi connectivity index (χ2v) is 7.37. The van der Waals surface area contributed by atoms with E-state index in [-0.39, 0.29) is 31.2 Å². The van der Waals surface area contributed by atoms with Crippen LogP contribution in [0.15, 0.2) is 23.6 Å². The number of thiazole rings is 1. The number of hydrogen-bond donors (Lipinski definition) is 3. The van der Waals surface area contributed by atoms with E-state index in [4.69, 9.17) is 9.47 Å². The molecule has 1 saturated carbocycles. The molecular weight excluding hydrogens is 368 g/mol. The molecule has 0 spiro atoms. The predicted octanol–water partition coefficient (Wildman–Crippen LogP) is 3.12. The van der Waals surface area contributed by atoms with E-state index >= 15 is 0 Å². The van der Waals surface area contributed by atoms with Gasteiger partial charge in [-0.1, -0.05) is 12.8 Å². The first-order valence-electron chi connectivity index (χ1n) is 8.87. The third kappa shape index (κ3) is 4.48. The van der Waals surface area contributed by atoms with Crippen LogP contribution in [-0.2, 0) is 11.2 Å². The first kappa shape index (κ1) is 17.6. The van der Waals surface area contributed by atoms with Crippen LogP contribution in [0.5, 0.6) is 11.5 Å². The van der Waals surface area contributed by atoms with Crippen molar-refractivity contribution in [2.45, 2.75) is 38.1 Å². The zero-order valence-corrected chi connectivity index (χ0v) is 15.4. The lowest BCUT2D eigenvalue weighted by Gasteiger charge is -2.11. The van der Waals surface area contributed by atoms with Gasteiger partial charge in [0.1, 0.15) is 0 Å². The van der Waals surface area contributed by atoms with E-state index in [1.165, 1.54) is 11.3 Å². The highest BCUT2D eigenvalue weighted by atomic mass is 32.1. The van der Waals surface area contributed by atoms with Gasteiger partial charge in [0.15, 0.2) is 16.6 Å². The molecule has 2 aromatic rings. The fourth-order valence-electron chi connectivity index (χ4n) is 3.18. The molecule has 0 atom stereocenters. The molecule has 2 aliphatic rings. The molecule has 142 valence electrons. The minimum atomic E-state index is -0.243. The zero-order chi connectivity index (χ0) is 18.6. The number of benzene rings is 1. The van der Waals surface area contributed by atoms with Gasteiger partial charge in [0.05, 0.1) is 12.1 Å². The number of urea groups is 1. The maximum atomic E-state index is 12.2. The molecule has 4 rings (SSSR count). The Balaban J connectivity index is 1.28. The highest BCUT2D eigenvalue weighted by Gasteiger charge is 2.18. The quantitative estimate of drug-likeness (QED) is 0.730. The van der Waals surface area contributed by atoms with Crippen molar-refractivity contribution in [2.75, 3.05) is 17.4 Å². The van der Waals surface area contributed by atoms with Crippen molar-refractivity contribution < 1.29 is 19.1 Å². The third-order valence-corrected chi connectivity index (χ3v) is 5.27. The first-order valence-corrected chi connectivity index (χ1v) is 9.75. The van der Waals surface area contributed by atoms with Crippen molar-refractivity contribution in [3.63, 3.8) is 0 Å². The Morgan fingerprint density at radius 2 is 1.96 bits per heavy atom. The largest absolute Gasteiger partial charge is 0.454 e. The predicted molar refractivity (Wildman–Crippen MR) is 101 cm³/mol. The van der Waals surface area contributed by atoms with Gasteiger partial charge in [-0.15, -0.1) is 11.3 Å². The number of carbonyl (C=O) groups is 2. The molecule has 1 aliphatic carbocycles. The minimum Gasteiger partial charge on any atom is -0.454 e. The van der Waals surface area contributed by atoms with E-state index in [1.807, 2.05) is 0 Å². The van der Waals surface area contributed by atoms with Crippen molar-refractivity contribution in [1.82, 2.24) is 10.3 Å². The highest BCUT2D eigenvalue weighted by molar-refractivity contribution is 7.13. The second-order valence-electron chi connectivity index (χ2n) is 6.52. The molecule has 0 bridgehead atoms. The Labute approximate surface area is 160 Å². The summed E-state index contributed by atoms with van der Waals surface area (Å²) in [5.74, 6) is 1.08. The van der Waals surface area contributed by atoms with Gasteiger partial charge >= 0.3 is 6.03 Å². The Morgan fingerprint density at radius 3 is 2.81 bits per heavy atom. The maximum Gasteiger partial charge on any atom is 0.321 e.